The third-order valence-electron chi connectivity index (χ3n) is 4.61. The first kappa shape index (κ1) is 19.1. The van der Waals surface area contributed by atoms with Crippen molar-refractivity contribution < 1.29 is 14.0 Å². The number of hydrogen-bond donors (Lipinski definition) is 1. The van der Waals surface area contributed by atoms with Crippen LogP contribution in [0.2, 0.25) is 5.02 Å². The number of anilines is 1. The molecule has 0 bridgehead atoms. The van der Waals surface area contributed by atoms with Crippen LogP contribution >= 0.6 is 11.6 Å². The zero-order valence-electron chi connectivity index (χ0n) is 14.7. The highest BCUT2D eigenvalue weighted by Crippen LogP contribution is 2.22. The number of benzene rings is 2. The second-order valence-electron chi connectivity index (χ2n) is 6.42. The molecule has 2 aromatic rings. The zero-order chi connectivity index (χ0) is 19.2. The van der Waals surface area contributed by atoms with Crippen LogP contribution in [0.5, 0.6) is 0 Å². The van der Waals surface area contributed by atoms with Gasteiger partial charge in [0.15, 0.2) is 0 Å². The molecule has 1 heterocycles. The second kappa shape index (κ2) is 8.82. The molecule has 1 aliphatic heterocycles. The summed E-state index contributed by atoms with van der Waals surface area (Å²) < 4.78 is 13.8. The fourth-order valence-electron chi connectivity index (χ4n) is 3.06. The first-order valence-corrected chi connectivity index (χ1v) is 9.19. The Morgan fingerprint density at radius 3 is 2.44 bits per heavy atom. The third-order valence-corrected chi connectivity index (χ3v) is 4.94. The highest BCUT2D eigenvalue weighted by molar-refractivity contribution is 6.32. The number of rotatable bonds is 4. The lowest BCUT2D eigenvalue weighted by molar-refractivity contribution is -0.130. The van der Waals surface area contributed by atoms with E-state index in [2.05, 4.69) is 5.32 Å². The molecule has 0 unspecified atom stereocenters. The number of amides is 2. The Balaban J connectivity index is 1.53. The number of likely N-dealkylation sites (tertiary alicyclic amines) is 1. The molecule has 0 saturated carbocycles. The lowest BCUT2D eigenvalue weighted by Crippen LogP contribution is -2.40. The van der Waals surface area contributed by atoms with E-state index in [0.717, 1.165) is 5.69 Å². The molecular formula is C21H20ClFN2O2. The minimum absolute atomic E-state index is 0.0259. The summed E-state index contributed by atoms with van der Waals surface area (Å²) in [6, 6.07) is 13.7. The lowest BCUT2D eigenvalue weighted by atomic mass is 9.95. The third kappa shape index (κ3) is 4.95. The van der Waals surface area contributed by atoms with Crippen molar-refractivity contribution in [3.63, 3.8) is 0 Å². The Kier molecular flexibility index (Phi) is 6.24. The highest BCUT2D eigenvalue weighted by atomic mass is 35.5. The number of para-hydroxylation sites is 1. The van der Waals surface area contributed by atoms with E-state index in [1.54, 1.807) is 11.0 Å². The number of hydrogen-bond acceptors (Lipinski definition) is 2. The monoisotopic (exact) mass is 386 g/mol. The number of piperidine rings is 1. The fraction of sp³-hybridized carbons (Fsp3) is 0.238. The number of nitrogens with one attached hydrogen (secondary N) is 1. The van der Waals surface area contributed by atoms with Crippen LogP contribution in [-0.4, -0.2) is 29.8 Å². The van der Waals surface area contributed by atoms with Crippen LogP contribution in [0.25, 0.3) is 6.08 Å². The van der Waals surface area contributed by atoms with Crippen LogP contribution in [0, 0.1) is 11.7 Å². The van der Waals surface area contributed by atoms with Gasteiger partial charge in [0.2, 0.25) is 11.8 Å². The molecule has 0 spiro atoms. The fourth-order valence-corrected chi connectivity index (χ4v) is 3.28. The number of nitrogens with zero attached hydrogens (tertiary/aromatic N) is 1. The van der Waals surface area contributed by atoms with Gasteiger partial charge in [0.1, 0.15) is 5.82 Å². The van der Waals surface area contributed by atoms with E-state index < -0.39 is 5.82 Å². The summed E-state index contributed by atoms with van der Waals surface area (Å²) in [5, 5.41) is 3.16. The van der Waals surface area contributed by atoms with Crippen molar-refractivity contribution in [2.45, 2.75) is 12.8 Å². The van der Waals surface area contributed by atoms with Crippen LogP contribution in [0.4, 0.5) is 10.1 Å². The molecule has 0 radical (unpaired) electrons. The van der Waals surface area contributed by atoms with Crippen molar-refractivity contribution in [3.05, 3.63) is 71.0 Å². The van der Waals surface area contributed by atoms with E-state index in [4.69, 9.17) is 11.6 Å². The van der Waals surface area contributed by atoms with Crippen LogP contribution < -0.4 is 5.32 Å². The molecule has 0 aliphatic carbocycles. The van der Waals surface area contributed by atoms with Crippen LogP contribution in [0.15, 0.2) is 54.6 Å². The summed E-state index contributed by atoms with van der Waals surface area (Å²) in [6.07, 6.45) is 3.92. The summed E-state index contributed by atoms with van der Waals surface area (Å²) >= 11 is 5.96. The molecule has 0 atom stereocenters. The Labute approximate surface area is 162 Å². The number of carbonyl (C=O) groups excluding carboxylic acids is 2. The van der Waals surface area contributed by atoms with Gasteiger partial charge in [0, 0.05) is 36.3 Å². The first-order valence-electron chi connectivity index (χ1n) is 8.81. The quantitative estimate of drug-likeness (QED) is 0.793. The molecule has 3 rings (SSSR count). The van der Waals surface area contributed by atoms with Crippen LogP contribution in [0.1, 0.15) is 18.4 Å². The molecule has 27 heavy (non-hydrogen) atoms. The average Bonchev–Trinajstić information content (AvgIpc) is 2.68. The Morgan fingerprint density at radius 2 is 1.78 bits per heavy atom. The first-order chi connectivity index (χ1) is 13.0. The molecule has 140 valence electrons. The maximum absolute atomic E-state index is 13.8. The largest absolute Gasteiger partial charge is 0.339 e. The minimum atomic E-state index is -0.470. The van der Waals surface area contributed by atoms with Gasteiger partial charge in [-0.3, -0.25) is 9.59 Å². The van der Waals surface area contributed by atoms with Crippen molar-refractivity contribution >= 4 is 35.2 Å². The van der Waals surface area contributed by atoms with Gasteiger partial charge < -0.3 is 10.2 Å². The molecular weight excluding hydrogens is 367 g/mol. The van der Waals surface area contributed by atoms with Crippen molar-refractivity contribution in [1.29, 1.82) is 0 Å². The SMILES string of the molecule is O=C(Nc1ccccc1)C1CCN(C(=O)C=Cc2c(F)cccc2Cl)CC1. The van der Waals surface area contributed by atoms with Crippen molar-refractivity contribution in [2.75, 3.05) is 18.4 Å². The molecule has 1 N–H and O–H groups in total. The summed E-state index contributed by atoms with van der Waals surface area (Å²) in [4.78, 5) is 26.3. The molecule has 1 fully saturated rings. The van der Waals surface area contributed by atoms with Gasteiger partial charge in [0.25, 0.3) is 0 Å². The summed E-state index contributed by atoms with van der Waals surface area (Å²) in [7, 11) is 0. The molecule has 4 nitrogen and oxygen atoms in total. The van der Waals surface area contributed by atoms with Crippen LogP contribution in [0.3, 0.4) is 0 Å². The standard InChI is InChI=1S/C21H20ClFN2O2/c22-18-7-4-8-19(23)17(18)9-10-20(26)25-13-11-15(12-14-25)21(27)24-16-5-2-1-3-6-16/h1-10,15H,11-14H2,(H,24,27). The highest BCUT2D eigenvalue weighted by Gasteiger charge is 2.26. The van der Waals surface area contributed by atoms with Gasteiger partial charge in [-0.2, -0.15) is 0 Å². The number of carbonyl (C=O) groups is 2. The van der Waals surface area contributed by atoms with E-state index in [9.17, 15) is 14.0 Å². The Bertz CT molecular complexity index is 826. The van der Waals surface area contributed by atoms with E-state index in [1.807, 2.05) is 30.3 Å². The van der Waals surface area contributed by atoms with E-state index >= 15 is 0 Å². The maximum Gasteiger partial charge on any atom is 0.246 e. The molecule has 1 saturated heterocycles. The van der Waals surface area contributed by atoms with E-state index in [-0.39, 0.29) is 28.3 Å². The van der Waals surface area contributed by atoms with Crippen LogP contribution in [-0.2, 0) is 9.59 Å². The summed E-state index contributed by atoms with van der Waals surface area (Å²) in [6.45, 7) is 0.974. The zero-order valence-corrected chi connectivity index (χ0v) is 15.5. The van der Waals surface area contributed by atoms with Crippen molar-refractivity contribution in [1.82, 2.24) is 4.90 Å². The smallest absolute Gasteiger partial charge is 0.246 e. The maximum atomic E-state index is 13.8. The normalized spacial score (nSPS) is 15.1. The van der Waals surface area contributed by atoms with Crippen molar-refractivity contribution in [3.8, 4) is 0 Å². The van der Waals surface area contributed by atoms with Gasteiger partial charge in [-0.05, 0) is 43.2 Å². The summed E-state index contributed by atoms with van der Waals surface area (Å²) in [5.74, 6) is -0.833. The lowest BCUT2D eigenvalue weighted by Gasteiger charge is -2.30. The topological polar surface area (TPSA) is 49.4 Å². The molecule has 2 amide bonds. The Hall–Kier alpha value is -2.66. The van der Waals surface area contributed by atoms with Gasteiger partial charge in [0.05, 0.1) is 5.02 Å². The average molecular weight is 387 g/mol. The molecule has 2 aromatic carbocycles. The van der Waals surface area contributed by atoms with E-state index in [0.29, 0.717) is 25.9 Å². The second-order valence-corrected chi connectivity index (χ2v) is 6.83. The predicted molar refractivity (Wildman–Crippen MR) is 105 cm³/mol. The van der Waals surface area contributed by atoms with Crippen molar-refractivity contribution in [2.24, 2.45) is 5.92 Å². The van der Waals surface area contributed by atoms with E-state index in [1.165, 1.54) is 24.3 Å². The van der Waals surface area contributed by atoms with Gasteiger partial charge in [-0.25, -0.2) is 4.39 Å². The minimum Gasteiger partial charge on any atom is -0.339 e. The molecule has 6 heteroatoms. The molecule has 0 aromatic heterocycles. The number of halogens is 2. The Morgan fingerprint density at radius 1 is 1.07 bits per heavy atom. The summed E-state index contributed by atoms with van der Waals surface area (Å²) in [5.41, 5.74) is 0.968. The predicted octanol–water partition coefficient (Wildman–Crippen LogP) is 4.37. The van der Waals surface area contributed by atoms with Gasteiger partial charge in [-0.1, -0.05) is 35.9 Å². The van der Waals surface area contributed by atoms with Gasteiger partial charge in [-0.15, -0.1) is 0 Å². The van der Waals surface area contributed by atoms with Gasteiger partial charge >= 0.3 is 0 Å². The molecule has 1 aliphatic rings.